The summed E-state index contributed by atoms with van der Waals surface area (Å²) in [6.07, 6.45) is 5.76. The van der Waals surface area contributed by atoms with Gasteiger partial charge in [-0.05, 0) is 6.42 Å². The second kappa shape index (κ2) is 11.6. The molecule has 0 aliphatic heterocycles. The van der Waals surface area contributed by atoms with Gasteiger partial charge in [0.15, 0.2) is 0 Å². The Kier molecular flexibility index (Phi) is 8.83. The lowest BCUT2D eigenvalue weighted by atomic mass is 10.1. The lowest BCUT2D eigenvalue weighted by Crippen LogP contribution is -2.19. The molecule has 2 aromatic rings. The maximum Gasteiger partial charge on any atom is 0.270 e. The first-order chi connectivity index (χ1) is 14.0. The Morgan fingerprint density at radius 2 is 2.07 bits per heavy atom. The van der Waals surface area contributed by atoms with Crippen LogP contribution in [0.3, 0.4) is 0 Å². The summed E-state index contributed by atoms with van der Waals surface area (Å²) in [5.74, 6) is -0.532. The molecule has 0 saturated heterocycles. The number of aromatic nitrogens is 2. The molecule has 2 amide bonds. The highest BCUT2D eigenvalue weighted by molar-refractivity contribution is 7.15. The van der Waals surface area contributed by atoms with E-state index >= 15 is 0 Å². The van der Waals surface area contributed by atoms with Crippen LogP contribution < -0.4 is 10.7 Å². The topological polar surface area (TPSA) is 139 Å². The highest BCUT2D eigenvalue weighted by atomic mass is 32.1. The largest absolute Gasteiger partial charge is 0.301 e. The number of anilines is 1. The van der Waals surface area contributed by atoms with E-state index in [0.29, 0.717) is 22.1 Å². The molecule has 0 bridgehead atoms. The molecule has 2 N–H and O–H groups in total. The number of carbonyl (C=O) groups is 2. The number of nitro benzene ring substituents is 1. The number of benzene rings is 1. The van der Waals surface area contributed by atoms with Crippen LogP contribution in [0.25, 0.3) is 0 Å². The number of carbonyl (C=O) groups excluding carboxylic acids is 2. The van der Waals surface area contributed by atoms with Gasteiger partial charge in [-0.15, -0.1) is 10.2 Å². The van der Waals surface area contributed by atoms with Gasteiger partial charge in [0.25, 0.3) is 5.69 Å². The first-order valence-electron chi connectivity index (χ1n) is 9.16. The minimum absolute atomic E-state index is 0.0453. The predicted molar refractivity (Wildman–Crippen MR) is 110 cm³/mol. The van der Waals surface area contributed by atoms with Crippen LogP contribution in [0, 0.1) is 10.1 Å². The number of rotatable bonds is 11. The molecule has 1 aromatic carbocycles. The SMILES string of the molecule is CCCCCCC(=O)Nc1nnc(CC(=O)N/N=C\c2cccc([N+](=O)[O-])c2)s1. The number of hydrogen-bond acceptors (Lipinski definition) is 8. The van der Waals surface area contributed by atoms with E-state index in [4.69, 9.17) is 0 Å². The lowest BCUT2D eigenvalue weighted by Gasteiger charge is -2.00. The normalized spacial score (nSPS) is 10.8. The Balaban J connectivity index is 1.77. The van der Waals surface area contributed by atoms with Crippen LogP contribution >= 0.6 is 11.3 Å². The molecule has 154 valence electrons. The van der Waals surface area contributed by atoms with Gasteiger partial charge in [0.2, 0.25) is 16.9 Å². The number of nitrogens with zero attached hydrogens (tertiary/aromatic N) is 4. The number of non-ortho nitro benzene ring substituents is 1. The Bertz CT molecular complexity index is 883. The fourth-order valence-corrected chi connectivity index (χ4v) is 3.10. The number of nitrogens with one attached hydrogen (secondary N) is 2. The summed E-state index contributed by atoms with van der Waals surface area (Å²) in [5.41, 5.74) is 2.75. The fourth-order valence-electron chi connectivity index (χ4n) is 2.34. The molecule has 0 spiro atoms. The van der Waals surface area contributed by atoms with Gasteiger partial charge in [0.05, 0.1) is 17.6 Å². The molecule has 2 rings (SSSR count). The van der Waals surface area contributed by atoms with E-state index in [1.165, 1.54) is 24.4 Å². The quantitative estimate of drug-likeness (QED) is 0.249. The van der Waals surface area contributed by atoms with Gasteiger partial charge in [0, 0.05) is 24.1 Å². The Morgan fingerprint density at radius 3 is 2.83 bits per heavy atom. The average Bonchev–Trinajstić information content (AvgIpc) is 3.12. The van der Waals surface area contributed by atoms with Crippen LogP contribution in [0.1, 0.15) is 49.6 Å². The zero-order chi connectivity index (χ0) is 21.1. The van der Waals surface area contributed by atoms with Crippen molar-refractivity contribution in [2.45, 2.75) is 45.4 Å². The van der Waals surface area contributed by atoms with E-state index in [-0.39, 0.29) is 18.0 Å². The molecule has 0 atom stereocenters. The van der Waals surface area contributed by atoms with Crippen LogP contribution in [-0.2, 0) is 16.0 Å². The van der Waals surface area contributed by atoms with Gasteiger partial charge >= 0.3 is 0 Å². The third kappa shape index (κ3) is 8.13. The van der Waals surface area contributed by atoms with Crippen LogP contribution in [-0.4, -0.2) is 33.1 Å². The number of amides is 2. The molecule has 0 radical (unpaired) electrons. The van der Waals surface area contributed by atoms with Gasteiger partial charge in [-0.1, -0.05) is 49.7 Å². The molecule has 1 aromatic heterocycles. The molecular formula is C18H22N6O4S. The van der Waals surface area contributed by atoms with Gasteiger partial charge in [0.1, 0.15) is 5.01 Å². The Morgan fingerprint density at radius 1 is 1.24 bits per heavy atom. The number of unbranched alkanes of at least 4 members (excludes halogenated alkanes) is 3. The van der Waals surface area contributed by atoms with E-state index < -0.39 is 10.8 Å². The minimum Gasteiger partial charge on any atom is -0.301 e. The summed E-state index contributed by atoms with van der Waals surface area (Å²) >= 11 is 1.13. The smallest absolute Gasteiger partial charge is 0.270 e. The van der Waals surface area contributed by atoms with Crippen molar-refractivity contribution in [2.75, 3.05) is 5.32 Å². The zero-order valence-corrected chi connectivity index (χ0v) is 16.8. The molecule has 0 aliphatic rings. The van der Waals surface area contributed by atoms with Crippen LogP contribution in [0.5, 0.6) is 0 Å². The minimum atomic E-state index is -0.507. The van der Waals surface area contributed by atoms with Crippen molar-refractivity contribution in [2.24, 2.45) is 5.10 Å². The summed E-state index contributed by atoms with van der Waals surface area (Å²) in [4.78, 5) is 34.0. The number of hydrogen-bond donors (Lipinski definition) is 2. The molecule has 10 nitrogen and oxygen atoms in total. The summed E-state index contributed by atoms with van der Waals surface area (Å²) in [7, 11) is 0. The zero-order valence-electron chi connectivity index (χ0n) is 16.0. The summed E-state index contributed by atoms with van der Waals surface area (Å²) in [5, 5.41) is 25.7. The standard InChI is InChI=1S/C18H22N6O4S/c1-2-3-4-5-9-15(25)20-18-23-22-17(29-18)11-16(26)21-19-12-13-7-6-8-14(10-13)24(27)28/h6-8,10,12H,2-5,9,11H2,1H3,(H,21,26)(H,20,23,25)/b19-12-. The molecule has 1 heterocycles. The van der Waals surface area contributed by atoms with E-state index in [9.17, 15) is 19.7 Å². The second-order valence-electron chi connectivity index (χ2n) is 6.18. The van der Waals surface area contributed by atoms with E-state index in [1.807, 2.05) is 0 Å². The molecule has 0 aliphatic carbocycles. The van der Waals surface area contributed by atoms with Crippen LogP contribution in [0.15, 0.2) is 29.4 Å². The third-order valence-electron chi connectivity index (χ3n) is 3.77. The molecule has 0 saturated carbocycles. The van der Waals surface area contributed by atoms with E-state index in [2.05, 4.69) is 33.0 Å². The molecule has 29 heavy (non-hydrogen) atoms. The van der Waals surface area contributed by atoms with Gasteiger partial charge < -0.3 is 5.32 Å². The number of hydrazone groups is 1. The van der Waals surface area contributed by atoms with Crippen molar-refractivity contribution in [3.63, 3.8) is 0 Å². The molecular weight excluding hydrogens is 396 g/mol. The average molecular weight is 418 g/mol. The fraction of sp³-hybridized carbons (Fsp3) is 0.389. The second-order valence-corrected chi connectivity index (χ2v) is 7.24. The highest BCUT2D eigenvalue weighted by Gasteiger charge is 2.11. The van der Waals surface area contributed by atoms with E-state index in [1.54, 1.807) is 6.07 Å². The monoisotopic (exact) mass is 418 g/mol. The molecule has 0 fully saturated rings. The predicted octanol–water partition coefficient (Wildman–Crippen LogP) is 3.05. The highest BCUT2D eigenvalue weighted by Crippen LogP contribution is 2.16. The van der Waals surface area contributed by atoms with Crippen molar-refractivity contribution in [1.29, 1.82) is 0 Å². The van der Waals surface area contributed by atoms with Gasteiger partial charge in [-0.2, -0.15) is 5.10 Å². The van der Waals surface area contributed by atoms with Gasteiger partial charge in [-0.25, -0.2) is 5.43 Å². The van der Waals surface area contributed by atoms with E-state index in [0.717, 1.165) is 37.0 Å². The summed E-state index contributed by atoms with van der Waals surface area (Å²) < 4.78 is 0. The van der Waals surface area contributed by atoms with Crippen molar-refractivity contribution in [1.82, 2.24) is 15.6 Å². The van der Waals surface area contributed by atoms with Crippen molar-refractivity contribution in [3.8, 4) is 0 Å². The van der Waals surface area contributed by atoms with Crippen LogP contribution in [0.4, 0.5) is 10.8 Å². The maximum absolute atomic E-state index is 11.9. The van der Waals surface area contributed by atoms with Crippen molar-refractivity contribution in [3.05, 3.63) is 45.0 Å². The first kappa shape index (κ1) is 22.1. The summed E-state index contributed by atoms with van der Waals surface area (Å²) in [6, 6.07) is 5.87. The van der Waals surface area contributed by atoms with Gasteiger partial charge in [-0.3, -0.25) is 19.7 Å². The first-order valence-corrected chi connectivity index (χ1v) is 9.98. The lowest BCUT2D eigenvalue weighted by molar-refractivity contribution is -0.384. The van der Waals surface area contributed by atoms with Crippen molar-refractivity contribution >= 4 is 40.2 Å². The summed E-state index contributed by atoms with van der Waals surface area (Å²) in [6.45, 7) is 2.11. The molecule has 11 heteroatoms. The molecule has 0 unspecified atom stereocenters. The maximum atomic E-state index is 11.9. The van der Waals surface area contributed by atoms with Crippen LogP contribution in [0.2, 0.25) is 0 Å². The Hall–Kier alpha value is -3.21. The Labute approximate surface area is 171 Å². The third-order valence-corrected chi connectivity index (χ3v) is 4.60. The number of nitro groups is 1. The van der Waals surface area contributed by atoms with Crippen molar-refractivity contribution < 1.29 is 14.5 Å².